The van der Waals surface area contributed by atoms with E-state index in [1.807, 2.05) is 24.1 Å². The second-order valence-corrected chi connectivity index (χ2v) is 6.25. The molecule has 4 nitrogen and oxygen atoms in total. The van der Waals surface area contributed by atoms with Crippen molar-refractivity contribution in [3.8, 4) is 10.6 Å². The minimum absolute atomic E-state index is 0.629. The lowest BCUT2D eigenvalue weighted by Gasteiger charge is -2.04. The summed E-state index contributed by atoms with van der Waals surface area (Å²) in [5.41, 5.74) is 2.35. The lowest BCUT2D eigenvalue weighted by atomic mass is 10.1. The van der Waals surface area contributed by atoms with Crippen LogP contribution in [-0.2, 0) is 20.0 Å². The molecule has 5 heteroatoms. The molecule has 2 aromatic heterocycles. The zero-order valence-electron chi connectivity index (χ0n) is 12.1. The molecule has 0 aromatic carbocycles. The Morgan fingerprint density at radius 2 is 2.21 bits per heavy atom. The van der Waals surface area contributed by atoms with E-state index < -0.39 is 0 Å². The molecule has 0 spiro atoms. The fourth-order valence-corrected chi connectivity index (χ4v) is 2.99. The van der Waals surface area contributed by atoms with Crippen LogP contribution >= 0.6 is 11.3 Å². The number of nitrogens with zero attached hydrogens (tertiary/aromatic N) is 3. The highest BCUT2D eigenvalue weighted by Crippen LogP contribution is 2.29. The van der Waals surface area contributed by atoms with Crippen molar-refractivity contribution < 1.29 is 0 Å². The van der Waals surface area contributed by atoms with E-state index in [-0.39, 0.29) is 0 Å². The molecule has 0 radical (unpaired) electrons. The first-order valence-corrected chi connectivity index (χ1v) is 7.60. The Bertz CT molecular complexity index is 527. The van der Waals surface area contributed by atoms with Crippen molar-refractivity contribution >= 4 is 11.3 Å². The first-order valence-electron chi connectivity index (χ1n) is 6.78. The first-order chi connectivity index (χ1) is 9.10. The van der Waals surface area contributed by atoms with Gasteiger partial charge in [0, 0.05) is 30.2 Å². The number of aromatic nitrogens is 3. The minimum atomic E-state index is 0.629. The van der Waals surface area contributed by atoms with Crippen LogP contribution in [-0.4, -0.2) is 21.3 Å². The van der Waals surface area contributed by atoms with Crippen LogP contribution in [0, 0.1) is 5.92 Å². The van der Waals surface area contributed by atoms with Crippen molar-refractivity contribution in [3.63, 3.8) is 0 Å². The van der Waals surface area contributed by atoms with Gasteiger partial charge in [-0.3, -0.25) is 4.68 Å². The maximum atomic E-state index is 4.81. The standard InChI is InChI=1S/C14H22N4S/c1-5-15-8-13-12(6-10(2)3)17-14(19-13)11-7-16-18(4)9-11/h7,9-10,15H,5-6,8H2,1-4H3. The topological polar surface area (TPSA) is 42.7 Å². The number of hydrogen-bond acceptors (Lipinski definition) is 4. The third kappa shape index (κ3) is 3.64. The van der Waals surface area contributed by atoms with Crippen molar-refractivity contribution in [2.45, 2.75) is 33.7 Å². The maximum absolute atomic E-state index is 4.81. The number of thiazole rings is 1. The van der Waals surface area contributed by atoms with Gasteiger partial charge in [0.25, 0.3) is 0 Å². The van der Waals surface area contributed by atoms with Gasteiger partial charge in [-0.15, -0.1) is 11.3 Å². The van der Waals surface area contributed by atoms with Crippen molar-refractivity contribution in [2.24, 2.45) is 13.0 Å². The smallest absolute Gasteiger partial charge is 0.127 e. The largest absolute Gasteiger partial charge is 0.312 e. The van der Waals surface area contributed by atoms with Gasteiger partial charge in [-0.1, -0.05) is 20.8 Å². The predicted octanol–water partition coefficient (Wildman–Crippen LogP) is 2.85. The highest BCUT2D eigenvalue weighted by atomic mass is 32.1. The lowest BCUT2D eigenvalue weighted by molar-refractivity contribution is 0.628. The van der Waals surface area contributed by atoms with Gasteiger partial charge in [-0.05, 0) is 18.9 Å². The number of hydrogen-bond donors (Lipinski definition) is 1. The summed E-state index contributed by atoms with van der Waals surface area (Å²) < 4.78 is 1.82. The van der Waals surface area contributed by atoms with Crippen molar-refractivity contribution in [2.75, 3.05) is 6.54 Å². The van der Waals surface area contributed by atoms with E-state index in [1.54, 1.807) is 11.3 Å². The Hall–Kier alpha value is -1.20. The Morgan fingerprint density at radius 3 is 2.79 bits per heavy atom. The van der Waals surface area contributed by atoms with E-state index >= 15 is 0 Å². The lowest BCUT2D eigenvalue weighted by Crippen LogP contribution is -2.12. The van der Waals surface area contributed by atoms with Crippen LogP contribution < -0.4 is 5.32 Å². The minimum Gasteiger partial charge on any atom is -0.312 e. The normalized spacial score (nSPS) is 11.4. The van der Waals surface area contributed by atoms with Crippen molar-refractivity contribution in [1.29, 1.82) is 0 Å². The predicted molar refractivity (Wildman–Crippen MR) is 80.2 cm³/mol. The average Bonchev–Trinajstić information content (AvgIpc) is 2.93. The van der Waals surface area contributed by atoms with Gasteiger partial charge in [-0.25, -0.2) is 4.98 Å². The van der Waals surface area contributed by atoms with Crippen LogP contribution in [0.2, 0.25) is 0 Å². The zero-order valence-corrected chi connectivity index (χ0v) is 12.9. The molecule has 0 atom stereocenters. The van der Waals surface area contributed by atoms with Gasteiger partial charge in [0.15, 0.2) is 0 Å². The summed E-state index contributed by atoms with van der Waals surface area (Å²) in [6.07, 6.45) is 4.95. The molecule has 2 heterocycles. The van der Waals surface area contributed by atoms with Crippen molar-refractivity contribution in [1.82, 2.24) is 20.1 Å². The molecule has 0 saturated heterocycles. The van der Waals surface area contributed by atoms with Crippen LogP contribution in [0.5, 0.6) is 0 Å². The van der Waals surface area contributed by atoms with Gasteiger partial charge >= 0.3 is 0 Å². The van der Waals surface area contributed by atoms with Crippen LogP contribution in [0.4, 0.5) is 0 Å². The molecule has 2 aromatic rings. The molecule has 0 fully saturated rings. The second kappa shape index (κ2) is 6.30. The SMILES string of the molecule is CCNCc1sc(-c2cnn(C)c2)nc1CC(C)C. The Balaban J connectivity index is 2.27. The van der Waals surface area contributed by atoms with Crippen LogP contribution in [0.25, 0.3) is 10.6 Å². The molecule has 1 N–H and O–H groups in total. The fourth-order valence-electron chi connectivity index (χ4n) is 1.96. The molecule has 0 amide bonds. The van der Waals surface area contributed by atoms with E-state index in [1.165, 1.54) is 10.6 Å². The molecule has 0 unspecified atom stereocenters. The molecule has 0 bridgehead atoms. The Labute approximate surface area is 118 Å². The molecule has 0 saturated carbocycles. The van der Waals surface area contributed by atoms with Gasteiger partial charge in [0.2, 0.25) is 0 Å². The molecule has 0 aliphatic heterocycles. The molecular formula is C14H22N4S. The summed E-state index contributed by atoms with van der Waals surface area (Å²) >= 11 is 1.78. The quantitative estimate of drug-likeness (QED) is 0.883. The number of aryl methyl sites for hydroxylation is 1. The molecule has 2 rings (SSSR count). The molecule has 104 valence electrons. The van der Waals surface area contributed by atoms with Crippen molar-refractivity contribution in [3.05, 3.63) is 23.0 Å². The summed E-state index contributed by atoms with van der Waals surface area (Å²) in [6, 6.07) is 0. The fraction of sp³-hybridized carbons (Fsp3) is 0.571. The third-order valence-corrected chi connectivity index (χ3v) is 4.01. The van der Waals surface area contributed by atoms with Crippen LogP contribution in [0.1, 0.15) is 31.3 Å². The van der Waals surface area contributed by atoms with E-state index in [2.05, 4.69) is 31.2 Å². The van der Waals surface area contributed by atoms with E-state index in [9.17, 15) is 0 Å². The highest BCUT2D eigenvalue weighted by molar-refractivity contribution is 7.15. The summed E-state index contributed by atoms with van der Waals surface area (Å²) in [5, 5.41) is 8.70. The Morgan fingerprint density at radius 1 is 1.42 bits per heavy atom. The summed E-state index contributed by atoms with van der Waals surface area (Å²) in [7, 11) is 1.94. The number of nitrogens with one attached hydrogen (secondary N) is 1. The van der Waals surface area contributed by atoms with Crippen LogP contribution in [0.15, 0.2) is 12.4 Å². The first kappa shape index (κ1) is 14.2. The molecular weight excluding hydrogens is 256 g/mol. The Kier molecular flexibility index (Phi) is 4.71. The van der Waals surface area contributed by atoms with Gasteiger partial charge in [0.1, 0.15) is 5.01 Å². The van der Waals surface area contributed by atoms with E-state index in [0.717, 1.165) is 30.1 Å². The second-order valence-electron chi connectivity index (χ2n) is 5.17. The summed E-state index contributed by atoms with van der Waals surface area (Å²) in [6.45, 7) is 8.50. The molecule has 0 aliphatic carbocycles. The molecule has 19 heavy (non-hydrogen) atoms. The van der Waals surface area contributed by atoms with Gasteiger partial charge in [0.05, 0.1) is 11.9 Å². The zero-order chi connectivity index (χ0) is 13.8. The maximum Gasteiger partial charge on any atom is 0.127 e. The monoisotopic (exact) mass is 278 g/mol. The average molecular weight is 278 g/mol. The third-order valence-electron chi connectivity index (χ3n) is 2.87. The summed E-state index contributed by atoms with van der Waals surface area (Å²) in [5.74, 6) is 0.629. The number of rotatable bonds is 6. The highest BCUT2D eigenvalue weighted by Gasteiger charge is 2.14. The van der Waals surface area contributed by atoms with Crippen LogP contribution in [0.3, 0.4) is 0 Å². The van der Waals surface area contributed by atoms with E-state index in [0.29, 0.717) is 5.92 Å². The summed E-state index contributed by atoms with van der Waals surface area (Å²) in [4.78, 5) is 6.17. The van der Waals surface area contributed by atoms with Gasteiger partial charge in [-0.2, -0.15) is 5.10 Å². The van der Waals surface area contributed by atoms with Gasteiger partial charge < -0.3 is 5.32 Å². The van der Waals surface area contributed by atoms with E-state index in [4.69, 9.17) is 4.98 Å². The molecule has 0 aliphatic rings.